The monoisotopic (exact) mass is 374 g/mol. The van der Waals surface area contributed by atoms with Gasteiger partial charge in [0, 0.05) is 23.9 Å². The Labute approximate surface area is 158 Å². The second kappa shape index (κ2) is 9.16. The van der Waals surface area contributed by atoms with E-state index < -0.39 is 0 Å². The molecule has 2 amide bonds. The van der Waals surface area contributed by atoms with Crippen molar-refractivity contribution < 1.29 is 18.8 Å². The first kappa shape index (κ1) is 20.4. The third kappa shape index (κ3) is 7.08. The van der Waals surface area contributed by atoms with Crippen LogP contribution in [0.1, 0.15) is 40.0 Å². The first-order valence-corrected chi connectivity index (χ1v) is 8.90. The van der Waals surface area contributed by atoms with Gasteiger partial charge in [-0.25, -0.2) is 0 Å². The highest BCUT2D eigenvalue weighted by atomic mass is 16.5. The number of aryl methyl sites for hydroxylation is 1. The van der Waals surface area contributed by atoms with Gasteiger partial charge in [0.1, 0.15) is 5.75 Å². The van der Waals surface area contributed by atoms with E-state index in [0.717, 1.165) is 11.3 Å². The first-order chi connectivity index (χ1) is 12.8. The van der Waals surface area contributed by atoms with Crippen molar-refractivity contribution in [1.29, 1.82) is 0 Å². The molecule has 0 aliphatic heterocycles. The molecule has 1 heterocycles. The van der Waals surface area contributed by atoms with Crippen LogP contribution in [0.15, 0.2) is 28.8 Å². The quantitative estimate of drug-likeness (QED) is 0.733. The molecule has 0 radical (unpaired) electrons. The molecule has 146 valence electrons. The van der Waals surface area contributed by atoms with Crippen LogP contribution in [0.25, 0.3) is 11.4 Å². The van der Waals surface area contributed by atoms with Gasteiger partial charge < -0.3 is 19.9 Å². The smallest absolute Gasteiger partial charge is 0.239 e. The van der Waals surface area contributed by atoms with E-state index in [1.807, 2.05) is 52.0 Å². The number of aromatic nitrogens is 2. The normalized spacial score (nSPS) is 11.1. The van der Waals surface area contributed by atoms with E-state index in [1.54, 1.807) is 0 Å². The number of benzene rings is 1. The lowest BCUT2D eigenvalue weighted by molar-refractivity contribution is -0.126. The maximum absolute atomic E-state index is 11.9. The molecule has 0 fully saturated rings. The highest BCUT2D eigenvalue weighted by molar-refractivity contribution is 5.85. The molecule has 1 aromatic carbocycles. The highest BCUT2D eigenvalue weighted by Crippen LogP contribution is 2.20. The van der Waals surface area contributed by atoms with Gasteiger partial charge in [0.25, 0.3) is 0 Å². The SMILES string of the molecule is CCOc1ccc(-c2noc(CCC(=O)NCC(=O)NC(C)(C)C)n2)cc1. The molecule has 0 unspecified atom stereocenters. The average Bonchev–Trinajstić information content (AvgIpc) is 3.07. The average molecular weight is 374 g/mol. The fourth-order valence-corrected chi connectivity index (χ4v) is 2.29. The lowest BCUT2D eigenvalue weighted by Crippen LogP contribution is -2.45. The highest BCUT2D eigenvalue weighted by Gasteiger charge is 2.15. The van der Waals surface area contributed by atoms with E-state index in [0.29, 0.717) is 24.7 Å². The predicted molar refractivity (Wildman–Crippen MR) is 100 cm³/mol. The standard InChI is InChI=1S/C19H26N4O4/c1-5-26-14-8-6-13(7-9-14)18-21-17(27-23-18)11-10-15(24)20-12-16(25)22-19(2,3)4/h6-9H,5,10-12H2,1-4H3,(H,20,24)(H,22,25). The zero-order valence-corrected chi connectivity index (χ0v) is 16.2. The lowest BCUT2D eigenvalue weighted by Gasteiger charge is -2.20. The Morgan fingerprint density at radius 3 is 2.48 bits per heavy atom. The number of nitrogens with zero attached hydrogens (tertiary/aromatic N) is 2. The molecule has 2 N–H and O–H groups in total. The molecule has 8 heteroatoms. The summed E-state index contributed by atoms with van der Waals surface area (Å²) < 4.78 is 10.6. The third-order valence-electron chi connectivity index (χ3n) is 3.42. The summed E-state index contributed by atoms with van der Waals surface area (Å²) in [6, 6.07) is 7.37. The van der Waals surface area contributed by atoms with Gasteiger partial charge in [0.2, 0.25) is 23.5 Å². The second-order valence-corrected chi connectivity index (χ2v) is 7.04. The topological polar surface area (TPSA) is 106 Å². The van der Waals surface area contributed by atoms with E-state index in [-0.39, 0.29) is 30.3 Å². The molecule has 0 saturated carbocycles. The number of amides is 2. The van der Waals surface area contributed by atoms with Crippen LogP contribution in [0.3, 0.4) is 0 Å². The van der Waals surface area contributed by atoms with Crippen molar-refractivity contribution in [1.82, 2.24) is 20.8 Å². The summed E-state index contributed by atoms with van der Waals surface area (Å²) in [6.07, 6.45) is 0.463. The van der Waals surface area contributed by atoms with Gasteiger partial charge >= 0.3 is 0 Å². The molecule has 2 aromatic rings. The summed E-state index contributed by atoms with van der Waals surface area (Å²) in [5, 5.41) is 9.29. The fourth-order valence-electron chi connectivity index (χ4n) is 2.29. The summed E-state index contributed by atoms with van der Waals surface area (Å²) in [4.78, 5) is 27.8. The van der Waals surface area contributed by atoms with Crippen LogP contribution in [0, 0.1) is 0 Å². The number of ether oxygens (including phenoxy) is 1. The van der Waals surface area contributed by atoms with Crippen LogP contribution < -0.4 is 15.4 Å². The van der Waals surface area contributed by atoms with Gasteiger partial charge in [-0.15, -0.1) is 0 Å². The van der Waals surface area contributed by atoms with Gasteiger partial charge in [-0.1, -0.05) is 5.16 Å². The second-order valence-electron chi connectivity index (χ2n) is 7.04. The number of nitrogens with one attached hydrogen (secondary N) is 2. The molecule has 1 aromatic heterocycles. The molecule has 0 saturated heterocycles. The summed E-state index contributed by atoms with van der Waals surface area (Å²) in [7, 11) is 0. The summed E-state index contributed by atoms with van der Waals surface area (Å²) in [5.74, 6) is 1.12. The Morgan fingerprint density at radius 1 is 1.15 bits per heavy atom. The van der Waals surface area contributed by atoms with E-state index in [1.165, 1.54) is 0 Å². The minimum Gasteiger partial charge on any atom is -0.494 e. The Morgan fingerprint density at radius 2 is 1.85 bits per heavy atom. The third-order valence-corrected chi connectivity index (χ3v) is 3.42. The fraction of sp³-hybridized carbons (Fsp3) is 0.474. The number of carbonyl (C=O) groups excluding carboxylic acids is 2. The van der Waals surface area contributed by atoms with Gasteiger partial charge in [-0.3, -0.25) is 9.59 Å². The minimum atomic E-state index is -0.331. The van der Waals surface area contributed by atoms with Crippen molar-refractivity contribution in [3.63, 3.8) is 0 Å². The van der Waals surface area contributed by atoms with Crippen LogP contribution in [0.2, 0.25) is 0 Å². The van der Waals surface area contributed by atoms with Crippen LogP contribution in [0.4, 0.5) is 0 Å². The van der Waals surface area contributed by atoms with E-state index in [2.05, 4.69) is 20.8 Å². The number of carbonyl (C=O) groups is 2. The summed E-state index contributed by atoms with van der Waals surface area (Å²) in [5.41, 5.74) is 0.472. The van der Waals surface area contributed by atoms with Crippen molar-refractivity contribution in [2.24, 2.45) is 0 Å². The van der Waals surface area contributed by atoms with Gasteiger partial charge in [0.05, 0.1) is 13.2 Å². The van der Waals surface area contributed by atoms with Gasteiger partial charge in [-0.2, -0.15) is 4.98 Å². The predicted octanol–water partition coefficient (Wildman–Crippen LogP) is 2.10. The Hall–Kier alpha value is -2.90. The van der Waals surface area contributed by atoms with Crippen molar-refractivity contribution in [2.45, 2.75) is 46.1 Å². The molecule has 2 rings (SSSR count). The van der Waals surface area contributed by atoms with Crippen LogP contribution in [0.5, 0.6) is 5.75 Å². The van der Waals surface area contributed by atoms with Crippen LogP contribution in [-0.2, 0) is 16.0 Å². The zero-order chi connectivity index (χ0) is 19.9. The molecule has 0 atom stereocenters. The maximum Gasteiger partial charge on any atom is 0.239 e. The molecule has 0 bridgehead atoms. The van der Waals surface area contributed by atoms with Crippen molar-refractivity contribution >= 4 is 11.8 Å². The number of rotatable bonds is 8. The molecule has 0 spiro atoms. The lowest BCUT2D eigenvalue weighted by atomic mass is 10.1. The molecule has 27 heavy (non-hydrogen) atoms. The first-order valence-electron chi connectivity index (χ1n) is 8.90. The molecule has 8 nitrogen and oxygen atoms in total. The van der Waals surface area contributed by atoms with E-state index in [4.69, 9.17) is 9.26 Å². The molecule has 0 aliphatic carbocycles. The van der Waals surface area contributed by atoms with E-state index >= 15 is 0 Å². The Kier molecular flexibility index (Phi) is 6.92. The molecular weight excluding hydrogens is 348 g/mol. The van der Waals surface area contributed by atoms with Crippen molar-refractivity contribution in [2.75, 3.05) is 13.2 Å². The van der Waals surface area contributed by atoms with Gasteiger partial charge in [-0.05, 0) is 52.0 Å². The van der Waals surface area contributed by atoms with Crippen LogP contribution >= 0.6 is 0 Å². The molecular formula is C19H26N4O4. The van der Waals surface area contributed by atoms with Crippen molar-refractivity contribution in [3.8, 4) is 17.1 Å². The maximum atomic E-state index is 11.9. The Balaban J connectivity index is 1.80. The number of hydrogen-bond acceptors (Lipinski definition) is 6. The zero-order valence-electron chi connectivity index (χ0n) is 16.2. The summed E-state index contributed by atoms with van der Waals surface area (Å²) in [6.45, 7) is 8.11. The Bertz CT molecular complexity index is 763. The van der Waals surface area contributed by atoms with Crippen molar-refractivity contribution in [3.05, 3.63) is 30.2 Å². The van der Waals surface area contributed by atoms with Gasteiger partial charge in [0.15, 0.2) is 0 Å². The van der Waals surface area contributed by atoms with E-state index in [9.17, 15) is 9.59 Å². The largest absolute Gasteiger partial charge is 0.494 e. The number of hydrogen-bond donors (Lipinski definition) is 2. The minimum absolute atomic E-state index is 0.0582. The van der Waals surface area contributed by atoms with Crippen LogP contribution in [-0.4, -0.2) is 40.6 Å². The summed E-state index contributed by atoms with van der Waals surface area (Å²) >= 11 is 0. The molecule has 0 aliphatic rings.